The average Bonchev–Trinajstić information content (AvgIpc) is 3.34. The number of carbonyl (C=O) groups excluding carboxylic acids is 2. The van der Waals surface area contributed by atoms with Gasteiger partial charge in [-0.2, -0.15) is 0 Å². The lowest BCUT2D eigenvalue weighted by Crippen LogP contribution is -2.53. The van der Waals surface area contributed by atoms with Crippen molar-refractivity contribution in [3.05, 3.63) is 77.4 Å². The number of methoxy groups -OCH3 is 1. The monoisotopic (exact) mass is 591 g/mol. The molecule has 0 saturated carbocycles. The van der Waals surface area contributed by atoms with Gasteiger partial charge in [0.15, 0.2) is 5.79 Å². The van der Waals surface area contributed by atoms with E-state index in [1.807, 2.05) is 68.4 Å². The number of likely N-dealkylation sites (tertiary alicyclic amines) is 1. The first-order chi connectivity index (χ1) is 20.6. The number of benzene rings is 2. The summed E-state index contributed by atoms with van der Waals surface area (Å²) in [5, 5.41) is 0. The molecule has 8 heteroatoms. The SMILES string of the molecule is COc1ccc(COCC2=C[C@H]([C@@H]3COC(C)(C)O3)[C@@]3(CC2)C[C@H](C)[C@@H](C)CN(C(=O)OCc2ccccc2)C3=O)cc1. The first-order valence-electron chi connectivity index (χ1n) is 15.3. The maximum Gasteiger partial charge on any atom is 0.416 e. The van der Waals surface area contributed by atoms with E-state index in [4.69, 9.17) is 23.7 Å². The second-order valence-corrected chi connectivity index (χ2v) is 12.8. The molecule has 0 unspecified atom stereocenters. The molecule has 5 rings (SSSR count). The van der Waals surface area contributed by atoms with Gasteiger partial charge in [0.25, 0.3) is 0 Å². The molecule has 43 heavy (non-hydrogen) atoms. The summed E-state index contributed by atoms with van der Waals surface area (Å²) in [7, 11) is 1.65. The Morgan fingerprint density at radius 3 is 2.37 bits per heavy atom. The van der Waals surface area contributed by atoms with Gasteiger partial charge in [-0.3, -0.25) is 4.79 Å². The van der Waals surface area contributed by atoms with Crippen molar-refractivity contribution >= 4 is 12.0 Å². The minimum atomic E-state index is -0.816. The van der Waals surface area contributed by atoms with Crippen molar-refractivity contribution in [2.45, 2.75) is 72.1 Å². The Labute approximate surface area is 255 Å². The van der Waals surface area contributed by atoms with Gasteiger partial charge in [0.2, 0.25) is 5.91 Å². The van der Waals surface area contributed by atoms with E-state index in [-0.39, 0.29) is 36.4 Å². The number of carbonyl (C=O) groups is 2. The van der Waals surface area contributed by atoms with E-state index in [9.17, 15) is 9.59 Å². The van der Waals surface area contributed by atoms with Gasteiger partial charge in [0.1, 0.15) is 12.4 Å². The van der Waals surface area contributed by atoms with Gasteiger partial charge >= 0.3 is 6.09 Å². The highest BCUT2D eigenvalue weighted by Crippen LogP contribution is 2.52. The highest BCUT2D eigenvalue weighted by molar-refractivity contribution is 5.96. The lowest BCUT2D eigenvalue weighted by atomic mass is 9.61. The Bertz CT molecular complexity index is 1290. The van der Waals surface area contributed by atoms with Gasteiger partial charge in [-0.1, -0.05) is 62.4 Å². The van der Waals surface area contributed by atoms with Crippen LogP contribution in [0.5, 0.6) is 5.75 Å². The van der Waals surface area contributed by atoms with Crippen molar-refractivity contribution < 1.29 is 33.3 Å². The van der Waals surface area contributed by atoms with E-state index in [0.29, 0.717) is 45.6 Å². The van der Waals surface area contributed by atoms with Gasteiger partial charge in [-0.15, -0.1) is 0 Å². The molecule has 8 nitrogen and oxygen atoms in total. The molecule has 2 aromatic rings. The molecular weight excluding hydrogens is 546 g/mol. The van der Waals surface area contributed by atoms with Crippen molar-refractivity contribution in [2.24, 2.45) is 23.2 Å². The summed E-state index contributed by atoms with van der Waals surface area (Å²) in [6, 6.07) is 17.4. The molecule has 0 bridgehead atoms. The van der Waals surface area contributed by atoms with Crippen LogP contribution in [0, 0.1) is 23.2 Å². The van der Waals surface area contributed by atoms with E-state index < -0.39 is 17.3 Å². The summed E-state index contributed by atoms with van der Waals surface area (Å²) in [5.74, 6) is -0.0352. The zero-order valence-electron chi connectivity index (χ0n) is 26.0. The number of hydrogen-bond acceptors (Lipinski definition) is 7. The van der Waals surface area contributed by atoms with Crippen molar-refractivity contribution in [3.63, 3.8) is 0 Å². The Balaban J connectivity index is 1.38. The minimum Gasteiger partial charge on any atom is -0.497 e. The van der Waals surface area contributed by atoms with Crippen LogP contribution in [-0.4, -0.2) is 55.7 Å². The zero-order chi connectivity index (χ0) is 30.6. The van der Waals surface area contributed by atoms with Crippen molar-refractivity contribution in [3.8, 4) is 5.75 Å². The van der Waals surface area contributed by atoms with Crippen molar-refractivity contribution in [2.75, 3.05) is 26.9 Å². The molecule has 0 N–H and O–H groups in total. The molecule has 5 atom stereocenters. The summed E-state index contributed by atoms with van der Waals surface area (Å²) in [6.07, 6.45) is 3.25. The number of amides is 2. The maximum atomic E-state index is 14.6. The average molecular weight is 592 g/mol. The molecular formula is C35H45NO7. The normalized spacial score (nSPS) is 28.8. The van der Waals surface area contributed by atoms with E-state index in [1.165, 1.54) is 4.90 Å². The second-order valence-electron chi connectivity index (χ2n) is 12.8. The number of hydrogen-bond donors (Lipinski definition) is 0. The van der Waals surface area contributed by atoms with Gasteiger partial charge in [0.05, 0.1) is 38.4 Å². The van der Waals surface area contributed by atoms with Crippen LogP contribution in [0.1, 0.15) is 58.1 Å². The van der Waals surface area contributed by atoms with Crippen molar-refractivity contribution in [1.29, 1.82) is 0 Å². The summed E-state index contributed by atoms with van der Waals surface area (Å²) in [6.45, 7) is 9.85. The lowest BCUT2D eigenvalue weighted by molar-refractivity contribution is -0.160. The number of ether oxygens (including phenoxy) is 5. The van der Waals surface area contributed by atoms with E-state index in [0.717, 1.165) is 22.4 Å². The number of imide groups is 1. The molecule has 2 saturated heterocycles. The predicted octanol–water partition coefficient (Wildman–Crippen LogP) is 6.53. The molecule has 2 aliphatic heterocycles. The van der Waals surface area contributed by atoms with Gasteiger partial charge in [-0.05, 0) is 73.8 Å². The zero-order valence-corrected chi connectivity index (χ0v) is 26.0. The van der Waals surface area contributed by atoms with E-state index in [2.05, 4.69) is 19.9 Å². The number of rotatable bonds is 8. The summed E-state index contributed by atoms with van der Waals surface area (Å²) in [5.41, 5.74) is 2.26. The third-order valence-electron chi connectivity index (χ3n) is 9.32. The fourth-order valence-electron chi connectivity index (χ4n) is 6.67. The first kappa shape index (κ1) is 31.2. The Morgan fingerprint density at radius 2 is 1.70 bits per heavy atom. The van der Waals surface area contributed by atoms with Crippen LogP contribution in [0.3, 0.4) is 0 Å². The van der Waals surface area contributed by atoms with E-state index in [1.54, 1.807) is 7.11 Å². The van der Waals surface area contributed by atoms with Crippen LogP contribution in [-0.2, 0) is 37.0 Å². The third kappa shape index (κ3) is 7.14. The standard InChI is InChI=1S/C35H45NO7/c1-24-18-35(32(37)36(19-25(24)2)33(38)41-22-26-9-7-6-8-10-26)16-15-28(17-30(35)31-23-42-34(3,4)43-31)21-40-20-27-11-13-29(39-5)14-12-27/h6-14,17,24-25,30-31H,15-16,18-23H2,1-5H3/t24-,25-,30+,31-,35+/m0/s1. The van der Waals surface area contributed by atoms with Crippen LogP contribution in [0.2, 0.25) is 0 Å². The molecule has 0 radical (unpaired) electrons. The highest BCUT2D eigenvalue weighted by Gasteiger charge is 2.57. The molecule has 2 amide bonds. The predicted molar refractivity (Wildman–Crippen MR) is 162 cm³/mol. The topological polar surface area (TPSA) is 83.5 Å². The van der Waals surface area contributed by atoms with Crippen LogP contribution >= 0.6 is 0 Å². The van der Waals surface area contributed by atoms with E-state index >= 15 is 0 Å². The Kier molecular flexibility index (Phi) is 9.59. The molecule has 1 spiro atoms. The summed E-state index contributed by atoms with van der Waals surface area (Å²) in [4.78, 5) is 29.5. The van der Waals surface area contributed by atoms with Crippen LogP contribution < -0.4 is 4.74 Å². The van der Waals surface area contributed by atoms with Gasteiger partial charge in [0, 0.05) is 12.5 Å². The fraction of sp³-hybridized carbons (Fsp3) is 0.543. The molecule has 3 aliphatic rings. The number of nitrogens with zero attached hydrogens (tertiary/aromatic N) is 1. The highest BCUT2D eigenvalue weighted by atomic mass is 16.7. The lowest BCUT2D eigenvalue weighted by Gasteiger charge is -2.45. The summed E-state index contributed by atoms with van der Waals surface area (Å²) < 4.78 is 29.5. The Hall–Kier alpha value is -3.20. The van der Waals surface area contributed by atoms with Crippen LogP contribution in [0.25, 0.3) is 0 Å². The van der Waals surface area contributed by atoms with Crippen LogP contribution in [0.15, 0.2) is 66.2 Å². The molecule has 2 aromatic carbocycles. The quantitative estimate of drug-likeness (QED) is 0.323. The summed E-state index contributed by atoms with van der Waals surface area (Å²) >= 11 is 0. The molecule has 2 heterocycles. The second kappa shape index (κ2) is 13.2. The van der Waals surface area contributed by atoms with Gasteiger partial charge in [-0.25, -0.2) is 9.69 Å². The largest absolute Gasteiger partial charge is 0.497 e. The molecule has 232 valence electrons. The maximum absolute atomic E-state index is 14.6. The van der Waals surface area contributed by atoms with Crippen molar-refractivity contribution in [1.82, 2.24) is 4.90 Å². The molecule has 1 aliphatic carbocycles. The molecule has 0 aromatic heterocycles. The van der Waals surface area contributed by atoms with Crippen LogP contribution in [0.4, 0.5) is 4.79 Å². The Morgan fingerprint density at radius 1 is 0.977 bits per heavy atom. The molecule has 2 fully saturated rings. The minimum absolute atomic E-state index is 0.118. The third-order valence-corrected chi connectivity index (χ3v) is 9.32. The van der Waals surface area contributed by atoms with Gasteiger partial charge < -0.3 is 23.7 Å². The fourth-order valence-corrected chi connectivity index (χ4v) is 6.67. The smallest absolute Gasteiger partial charge is 0.416 e. The first-order valence-corrected chi connectivity index (χ1v) is 15.3.